The molecule has 0 saturated carbocycles. The van der Waals surface area contributed by atoms with Gasteiger partial charge in [0.2, 0.25) is 0 Å². The smallest absolute Gasteiger partial charge is 0.182 e. The molecule has 0 saturated heterocycles. The Hall–Kier alpha value is -3.78. The summed E-state index contributed by atoms with van der Waals surface area (Å²) in [5.74, 6) is 1.57. The number of hydrogen-bond donors (Lipinski definition) is 3. The number of aromatic nitrogens is 5. The van der Waals surface area contributed by atoms with E-state index in [0.29, 0.717) is 6.54 Å². The Morgan fingerprint density at radius 2 is 1.91 bits per heavy atom. The van der Waals surface area contributed by atoms with Gasteiger partial charge in [-0.25, -0.2) is 9.97 Å². The first-order chi connectivity index (χ1) is 15.8. The first-order valence-electron chi connectivity index (χ1n) is 10.8. The Morgan fingerprint density at radius 3 is 2.78 bits per heavy atom. The van der Waals surface area contributed by atoms with E-state index in [9.17, 15) is 0 Å². The Kier molecular flexibility index (Phi) is 5.76. The number of nitrogens with zero attached hydrogens (tertiary/aromatic N) is 5. The lowest BCUT2D eigenvalue weighted by Crippen LogP contribution is -2.13. The zero-order chi connectivity index (χ0) is 21.8. The van der Waals surface area contributed by atoms with Gasteiger partial charge >= 0.3 is 0 Å². The van der Waals surface area contributed by atoms with Gasteiger partial charge in [-0.2, -0.15) is 0 Å². The van der Waals surface area contributed by atoms with Crippen molar-refractivity contribution < 1.29 is 0 Å². The van der Waals surface area contributed by atoms with Gasteiger partial charge < -0.3 is 20.5 Å². The second kappa shape index (κ2) is 9.15. The largest absolute Gasteiger partial charge is 0.384 e. The summed E-state index contributed by atoms with van der Waals surface area (Å²) in [6.45, 7) is 3.29. The molecule has 0 fully saturated rings. The van der Waals surface area contributed by atoms with E-state index in [1.54, 1.807) is 6.20 Å². The van der Waals surface area contributed by atoms with E-state index in [1.165, 1.54) is 28.7 Å². The Morgan fingerprint density at radius 1 is 1.00 bits per heavy atom. The summed E-state index contributed by atoms with van der Waals surface area (Å²) in [7, 11) is 1.95. The fourth-order valence-electron chi connectivity index (χ4n) is 3.95. The van der Waals surface area contributed by atoms with Crippen LogP contribution in [0.15, 0.2) is 61.1 Å². The third-order valence-electron chi connectivity index (χ3n) is 5.69. The molecule has 162 valence electrons. The van der Waals surface area contributed by atoms with Gasteiger partial charge in [0.1, 0.15) is 12.0 Å². The normalized spacial score (nSPS) is 12.4. The molecule has 4 aromatic rings. The van der Waals surface area contributed by atoms with Gasteiger partial charge in [-0.05, 0) is 47.4 Å². The van der Waals surface area contributed by atoms with Crippen LogP contribution in [0.25, 0.3) is 11.5 Å². The maximum absolute atomic E-state index is 4.31. The van der Waals surface area contributed by atoms with Crippen LogP contribution in [-0.2, 0) is 33.1 Å². The van der Waals surface area contributed by atoms with Gasteiger partial charge in [-0.15, -0.1) is 10.2 Å². The van der Waals surface area contributed by atoms with E-state index < -0.39 is 0 Å². The van der Waals surface area contributed by atoms with Crippen LogP contribution in [0.4, 0.5) is 11.4 Å². The maximum atomic E-state index is 4.31. The second-order valence-electron chi connectivity index (χ2n) is 7.92. The van der Waals surface area contributed by atoms with Crippen LogP contribution < -0.4 is 16.0 Å². The van der Waals surface area contributed by atoms with E-state index in [-0.39, 0.29) is 0 Å². The van der Waals surface area contributed by atoms with Crippen LogP contribution in [-0.4, -0.2) is 31.3 Å². The number of rotatable bonds is 8. The van der Waals surface area contributed by atoms with Crippen LogP contribution in [0.5, 0.6) is 0 Å². The van der Waals surface area contributed by atoms with Crippen LogP contribution >= 0.6 is 0 Å². The van der Waals surface area contributed by atoms with Crippen LogP contribution in [0.3, 0.4) is 0 Å². The quantitative estimate of drug-likeness (QED) is 0.399. The maximum Gasteiger partial charge on any atom is 0.182 e. The summed E-state index contributed by atoms with van der Waals surface area (Å²) in [5.41, 5.74) is 7.07. The first-order valence-corrected chi connectivity index (χ1v) is 10.8. The molecule has 3 heterocycles. The van der Waals surface area contributed by atoms with Crippen molar-refractivity contribution >= 4 is 11.4 Å². The predicted octanol–water partition coefficient (Wildman–Crippen LogP) is 3.14. The molecule has 0 unspecified atom stereocenters. The molecule has 0 amide bonds. The van der Waals surface area contributed by atoms with E-state index in [2.05, 4.69) is 78.6 Å². The van der Waals surface area contributed by atoms with Crippen LogP contribution in [0, 0.1) is 0 Å². The molecule has 3 N–H and O–H groups in total. The Bertz CT molecular complexity index is 1200. The molecule has 1 aliphatic rings. The molecule has 0 aliphatic carbocycles. The van der Waals surface area contributed by atoms with Crippen molar-refractivity contribution in [1.29, 1.82) is 0 Å². The van der Waals surface area contributed by atoms with E-state index in [4.69, 9.17) is 0 Å². The fraction of sp³-hybridized carbons (Fsp3) is 0.250. The van der Waals surface area contributed by atoms with Crippen molar-refractivity contribution in [1.82, 2.24) is 30.0 Å². The van der Waals surface area contributed by atoms with Crippen LogP contribution in [0.2, 0.25) is 0 Å². The third-order valence-corrected chi connectivity index (χ3v) is 5.69. The van der Waals surface area contributed by atoms with Gasteiger partial charge in [0.05, 0.1) is 6.54 Å². The first kappa shape index (κ1) is 20.1. The van der Waals surface area contributed by atoms with Crippen molar-refractivity contribution in [3.05, 3.63) is 83.6 Å². The number of nitrogens with one attached hydrogen (secondary N) is 3. The van der Waals surface area contributed by atoms with Gasteiger partial charge in [0.15, 0.2) is 11.6 Å². The van der Waals surface area contributed by atoms with Gasteiger partial charge in [-0.3, -0.25) is 0 Å². The highest BCUT2D eigenvalue weighted by atomic mass is 15.3. The second-order valence-corrected chi connectivity index (χ2v) is 7.92. The zero-order valence-corrected chi connectivity index (χ0v) is 18.0. The molecule has 32 heavy (non-hydrogen) atoms. The third kappa shape index (κ3) is 4.45. The lowest BCUT2D eigenvalue weighted by Gasteiger charge is -2.10. The summed E-state index contributed by atoms with van der Waals surface area (Å²) in [6.07, 6.45) is 4.34. The number of fused-ring (bicyclic) bond motifs is 1. The Labute approximate surface area is 187 Å². The van der Waals surface area contributed by atoms with Gasteiger partial charge in [0, 0.05) is 44.3 Å². The predicted molar refractivity (Wildman–Crippen MR) is 125 cm³/mol. The summed E-state index contributed by atoms with van der Waals surface area (Å²) in [4.78, 5) is 8.21. The summed E-state index contributed by atoms with van der Waals surface area (Å²) < 4.78 is 1.95. The molecule has 2 aromatic heterocycles. The molecular formula is C24H26N8. The molecule has 0 radical (unpaired) electrons. The highest BCUT2D eigenvalue weighted by Gasteiger charge is 2.12. The minimum atomic E-state index is 0.578. The van der Waals surface area contributed by atoms with E-state index in [0.717, 1.165) is 49.1 Å². The van der Waals surface area contributed by atoms with Crippen molar-refractivity contribution in [3.8, 4) is 11.5 Å². The molecule has 8 nitrogen and oxygen atoms in total. The van der Waals surface area contributed by atoms with Gasteiger partial charge in [-0.1, -0.05) is 24.3 Å². The summed E-state index contributed by atoms with van der Waals surface area (Å²) in [5, 5.41) is 19.0. The topological polar surface area (TPSA) is 92.6 Å². The molecule has 5 rings (SSSR count). The molecule has 1 aliphatic heterocycles. The fourth-order valence-corrected chi connectivity index (χ4v) is 3.95. The lowest BCUT2D eigenvalue weighted by molar-refractivity contribution is 0.693. The highest BCUT2D eigenvalue weighted by molar-refractivity contribution is 5.56. The van der Waals surface area contributed by atoms with Crippen LogP contribution in [0.1, 0.15) is 22.5 Å². The SMILES string of the molecule is Cn1c(CNc2cccc(CNCc3ccc4c(c3)CCN4)c2)nnc1-c1ccncn1. The minimum Gasteiger partial charge on any atom is -0.384 e. The molecule has 0 atom stereocenters. The lowest BCUT2D eigenvalue weighted by atomic mass is 10.1. The molecule has 0 spiro atoms. The molecule has 8 heteroatoms. The average molecular weight is 427 g/mol. The number of benzene rings is 2. The van der Waals surface area contributed by atoms with E-state index >= 15 is 0 Å². The summed E-state index contributed by atoms with van der Waals surface area (Å²) in [6, 6.07) is 17.0. The molecular weight excluding hydrogens is 400 g/mol. The van der Waals surface area contributed by atoms with Gasteiger partial charge in [0.25, 0.3) is 0 Å². The van der Waals surface area contributed by atoms with Crippen molar-refractivity contribution in [2.45, 2.75) is 26.1 Å². The van der Waals surface area contributed by atoms with E-state index in [1.807, 2.05) is 17.7 Å². The molecule has 0 bridgehead atoms. The molecule has 2 aromatic carbocycles. The zero-order valence-electron chi connectivity index (χ0n) is 18.0. The van der Waals surface area contributed by atoms with Crippen molar-refractivity contribution in [3.63, 3.8) is 0 Å². The minimum absolute atomic E-state index is 0.578. The Balaban J connectivity index is 1.17. The highest BCUT2D eigenvalue weighted by Crippen LogP contribution is 2.23. The monoisotopic (exact) mass is 426 g/mol. The van der Waals surface area contributed by atoms with Crippen molar-refractivity contribution in [2.75, 3.05) is 17.2 Å². The standard InChI is InChI=1S/C24H26N8/c1-32-23(30-31-24(32)22-8-9-25-16-29-22)15-28-20-4-2-3-17(12-20)13-26-14-18-5-6-21-19(11-18)7-10-27-21/h2-6,8-9,11-12,16,26-28H,7,10,13-15H2,1H3. The number of anilines is 2. The van der Waals surface area contributed by atoms with Crippen molar-refractivity contribution in [2.24, 2.45) is 7.05 Å². The average Bonchev–Trinajstić information content (AvgIpc) is 3.44. The summed E-state index contributed by atoms with van der Waals surface area (Å²) >= 11 is 0. The number of hydrogen-bond acceptors (Lipinski definition) is 7.